The molecule has 5 nitrogen and oxygen atoms in total. The van der Waals surface area contributed by atoms with Gasteiger partial charge in [0.1, 0.15) is 10.6 Å². The summed E-state index contributed by atoms with van der Waals surface area (Å²) < 4.78 is 32.0. The molecule has 2 N–H and O–H groups in total. The van der Waals surface area contributed by atoms with Crippen LogP contribution in [-0.2, 0) is 10.0 Å². The van der Waals surface area contributed by atoms with E-state index >= 15 is 0 Å². The molecule has 1 aromatic rings. The molecule has 1 fully saturated rings. The van der Waals surface area contributed by atoms with Crippen molar-refractivity contribution >= 4 is 15.7 Å². The minimum Gasteiger partial charge on any atom is -0.495 e. The van der Waals surface area contributed by atoms with Crippen molar-refractivity contribution in [3.05, 3.63) is 18.2 Å². The van der Waals surface area contributed by atoms with Gasteiger partial charge < -0.3 is 10.5 Å². The molecule has 0 radical (unpaired) electrons. The van der Waals surface area contributed by atoms with Gasteiger partial charge in [-0.05, 0) is 37.0 Å². The fourth-order valence-corrected chi connectivity index (χ4v) is 4.19. The molecule has 1 saturated heterocycles. The maximum absolute atomic E-state index is 12.7. The normalized spacial score (nSPS) is 21.3. The van der Waals surface area contributed by atoms with Gasteiger partial charge in [0, 0.05) is 18.8 Å². The van der Waals surface area contributed by atoms with E-state index in [2.05, 4.69) is 6.92 Å². The summed E-state index contributed by atoms with van der Waals surface area (Å²) in [6, 6.07) is 4.69. The topological polar surface area (TPSA) is 72.6 Å². The Morgan fingerprint density at radius 3 is 2.79 bits per heavy atom. The number of nitrogens with zero attached hydrogens (tertiary/aromatic N) is 1. The van der Waals surface area contributed by atoms with E-state index in [1.165, 1.54) is 17.5 Å². The smallest absolute Gasteiger partial charge is 0.246 e. The molecule has 0 spiro atoms. The molecule has 2 rings (SSSR count). The van der Waals surface area contributed by atoms with Crippen LogP contribution < -0.4 is 10.5 Å². The summed E-state index contributed by atoms with van der Waals surface area (Å²) in [6.07, 6.45) is 1.96. The molecule has 0 aromatic heterocycles. The van der Waals surface area contributed by atoms with Gasteiger partial charge in [0.25, 0.3) is 0 Å². The number of rotatable bonds is 3. The third-order valence-corrected chi connectivity index (χ3v) is 5.31. The second kappa shape index (κ2) is 5.38. The van der Waals surface area contributed by atoms with Crippen LogP contribution in [0.3, 0.4) is 0 Å². The molecule has 1 aliphatic heterocycles. The molecule has 1 unspecified atom stereocenters. The zero-order chi connectivity index (χ0) is 14.0. The van der Waals surface area contributed by atoms with Crippen molar-refractivity contribution in [2.75, 3.05) is 25.9 Å². The van der Waals surface area contributed by atoms with Crippen molar-refractivity contribution in [2.24, 2.45) is 5.92 Å². The average Bonchev–Trinajstić information content (AvgIpc) is 2.38. The van der Waals surface area contributed by atoms with E-state index in [1.807, 2.05) is 0 Å². The van der Waals surface area contributed by atoms with Crippen LogP contribution in [0.4, 0.5) is 5.69 Å². The highest BCUT2D eigenvalue weighted by atomic mass is 32.2. The predicted octanol–water partition coefficient (Wildman–Crippen LogP) is 1.70. The van der Waals surface area contributed by atoms with Crippen molar-refractivity contribution in [1.82, 2.24) is 4.31 Å². The Balaban J connectivity index is 2.41. The summed E-state index contributed by atoms with van der Waals surface area (Å²) in [5.41, 5.74) is 6.12. The lowest BCUT2D eigenvalue weighted by Gasteiger charge is -2.30. The van der Waals surface area contributed by atoms with Crippen LogP contribution in [0, 0.1) is 5.92 Å². The molecule has 1 aliphatic rings. The maximum Gasteiger partial charge on any atom is 0.246 e. The number of piperidine rings is 1. The highest BCUT2D eigenvalue weighted by Crippen LogP contribution is 2.31. The minimum atomic E-state index is -3.53. The number of hydrogen-bond acceptors (Lipinski definition) is 4. The number of benzene rings is 1. The van der Waals surface area contributed by atoms with E-state index in [-0.39, 0.29) is 4.90 Å². The zero-order valence-electron chi connectivity index (χ0n) is 11.3. The van der Waals surface area contributed by atoms with E-state index < -0.39 is 10.0 Å². The second-order valence-electron chi connectivity index (χ2n) is 5.02. The third kappa shape index (κ3) is 2.84. The van der Waals surface area contributed by atoms with E-state index in [4.69, 9.17) is 10.5 Å². The van der Waals surface area contributed by atoms with Crippen molar-refractivity contribution in [2.45, 2.75) is 24.7 Å². The Labute approximate surface area is 114 Å². The Bertz CT molecular complexity index is 557. The van der Waals surface area contributed by atoms with Crippen molar-refractivity contribution in [3.8, 4) is 5.75 Å². The maximum atomic E-state index is 12.7. The largest absolute Gasteiger partial charge is 0.495 e. The van der Waals surface area contributed by atoms with Gasteiger partial charge >= 0.3 is 0 Å². The van der Waals surface area contributed by atoms with Gasteiger partial charge in [-0.3, -0.25) is 0 Å². The number of hydrogen-bond donors (Lipinski definition) is 1. The van der Waals surface area contributed by atoms with Gasteiger partial charge in [-0.25, -0.2) is 8.42 Å². The van der Waals surface area contributed by atoms with Gasteiger partial charge in [-0.2, -0.15) is 4.31 Å². The Kier molecular flexibility index (Phi) is 4.01. The van der Waals surface area contributed by atoms with E-state index in [0.29, 0.717) is 30.4 Å². The van der Waals surface area contributed by atoms with Crippen LogP contribution >= 0.6 is 0 Å². The SMILES string of the molecule is COc1ccc(N)cc1S(=O)(=O)N1CCCC(C)C1. The first kappa shape index (κ1) is 14.1. The Morgan fingerprint density at radius 1 is 1.42 bits per heavy atom. The standard InChI is InChI=1S/C13H20N2O3S/c1-10-4-3-7-15(9-10)19(16,17)13-8-11(14)5-6-12(13)18-2/h5-6,8,10H,3-4,7,9,14H2,1-2H3. The lowest BCUT2D eigenvalue weighted by molar-refractivity contribution is 0.280. The molecule has 19 heavy (non-hydrogen) atoms. The number of methoxy groups -OCH3 is 1. The molecule has 1 atom stereocenters. The van der Waals surface area contributed by atoms with Crippen LogP contribution in [0.25, 0.3) is 0 Å². The average molecular weight is 284 g/mol. The van der Waals surface area contributed by atoms with Gasteiger partial charge in [0.15, 0.2) is 0 Å². The lowest BCUT2D eigenvalue weighted by atomic mass is 10.0. The van der Waals surface area contributed by atoms with E-state index in [1.54, 1.807) is 12.1 Å². The highest BCUT2D eigenvalue weighted by molar-refractivity contribution is 7.89. The van der Waals surface area contributed by atoms with Crippen molar-refractivity contribution in [1.29, 1.82) is 0 Å². The first-order chi connectivity index (χ1) is 8.95. The van der Waals surface area contributed by atoms with Crippen molar-refractivity contribution < 1.29 is 13.2 Å². The molecule has 1 aromatic carbocycles. The second-order valence-corrected chi connectivity index (χ2v) is 6.93. The van der Waals surface area contributed by atoms with Crippen LogP contribution in [0.1, 0.15) is 19.8 Å². The molecule has 0 saturated carbocycles. The molecule has 0 aliphatic carbocycles. The Hall–Kier alpha value is -1.27. The molecule has 106 valence electrons. The minimum absolute atomic E-state index is 0.157. The Morgan fingerprint density at radius 2 is 2.16 bits per heavy atom. The fraction of sp³-hybridized carbons (Fsp3) is 0.538. The summed E-state index contributed by atoms with van der Waals surface area (Å²) in [7, 11) is -2.07. The third-order valence-electron chi connectivity index (χ3n) is 3.43. The van der Waals surface area contributed by atoms with Crippen LogP contribution in [0.15, 0.2) is 23.1 Å². The molecular weight excluding hydrogens is 264 g/mol. The first-order valence-corrected chi connectivity index (χ1v) is 7.83. The summed E-state index contributed by atoms with van der Waals surface area (Å²) in [5, 5.41) is 0. The van der Waals surface area contributed by atoms with Gasteiger partial charge in [0.2, 0.25) is 10.0 Å². The van der Waals surface area contributed by atoms with Gasteiger partial charge in [0.05, 0.1) is 7.11 Å². The summed E-state index contributed by atoms with van der Waals surface area (Å²) in [5.74, 6) is 0.725. The number of nitrogens with two attached hydrogens (primary N) is 1. The van der Waals surface area contributed by atoms with Crippen LogP contribution in [-0.4, -0.2) is 32.9 Å². The van der Waals surface area contributed by atoms with Gasteiger partial charge in [-0.1, -0.05) is 6.92 Å². The highest BCUT2D eigenvalue weighted by Gasteiger charge is 2.31. The molecule has 0 amide bonds. The number of sulfonamides is 1. The molecule has 0 bridgehead atoms. The van der Waals surface area contributed by atoms with Crippen LogP contribution in [0.2, 0.25) is 0 Å². The van der Waals surface area contributed by atoms with E-state index in [9.17, 15) is 8.42 Å². The predicted molar refractivity (Wildman–Crippen MR) is 74.6 cm³/mol. The number of nitrogen functional groups attached to an aromatic ring is 1. The van der Waals surface area contributed by atoms with Crippen molar-refractivity contribution in [3.63, 3.8) is 0 Å². The number of ether oxygens (including phenoxy) is 1. The molecular formula is C13H20N2O3S. The monoisotopic (exact) mass is 284 g/mol. The molecule has 1 heterocycles. The summed E-state index contributed by atoms with van der Waals surface area (Å²) >= 11 is 0. The fourth-order valence-electron chi connectivity index (χ4n) is 2.40. The first-order valence-electron chi connectivity index (χ1n) is 6.39. The lowest BCUT2D eigenvalue weighted by Crippen LogP contribution is -2.39. The number of anilines is 1. The van der Waals surface area contributed by atoms with Gasteiger partial charge in [-0.15, -0.1) is 0 Å². The quantitative estimate of drug-likeness (QED) is 0.857. The van der Waals surface area contributed by atoms with Crippen LogP contribution in [0.5, 0.6) is 5.75 Å². The zero-order valence-corrected chi connectivity index (χ0v) is 12.1. The molecule has 6 heteroatoms. The van der Waals surface area contributed by atoms with E-state index in [0.717, 1.165) is 12.8 Å². The summed E-state index contributed by atoms with van der Waals surface area (Å²) in [4.78, 5) is 0.157. The summed E-state index contributed by atoms with van der Waals surface area (Å²) in [6.45, 7) is 3.18.